The Morgan fingerprint density at radius 2 is 1.68 bits per heavy atom. The van der Waals surface area contributed by atoms with Crippen LogP contribution in [0.15, 0.2) is 40.2 Å². The predicted octanol–water partition coefficient (Wildman–Crippen LogP) is 1.60. The molecule has 8 nitrogen and oxygen atoms in total. The van der Waals surface area contributed by atoms with Crippen molar-refractivity contribution in [1.29, 1.82) is 0 Å². The van der Waals surface area contributed by atoms with Crippen molar-refractivity contribution in [3.63, 3.8) is 0 Å². The highest BCUT2D eigenvalue weighted by atomic mass is 16.2. The van der Waals surface area contributed by atoms with Crippen LogP contribution < -0.4 is 16.4 Å². The number of hydrogen-bond donors (Lipinski definition) is 1. The molecule has 0 bridgehead atoms. The molecule has 2 amide bonds. The Kier molecular flexibility index (Phi) is 6.92. The van der Waals surface area contributed by atoms with Crippen LogP contribution in [0.3, 0.4) is 0 Å². The summed E-state index contributed by atoms with van der Waals surface area (Å²) in [5.41, 5.74) is -0.754. The van der Waals surface area contributed by atoms with Crippen LogP contribution in [0.4, 0.5) is 5.69 Å². The van der Waals surface area contributed by atoms with Gasteiger partial charge >= 0.3 is 0 Å². The molecule has 150 valence electrons. The molecule has 0 saturated carbocycles. The number of rotatable bonds is 7. The van der Waals surface area contributed by atoms with Gasteiger partial charge in [-0.3, -0.25) is 19.2 Å². The maximum Gasteiger partial charge on any atom is 0.274 e. The Morgan fingerprint density at radius 3 is 2.29 bits per heavy atom. The van der Waals surface area contributed by atoms with E-state index in [0.29, 0.717) is 18.7 Å². The SMILES string of the molecule is CCCN(CCC)C(=O)c1cc(NC(=O)c2cccn(C)c2=O)c(=O)n(C)c1. The fourth-order valence-corrected chi connectivity index (χ4v) is 2.92. The van der Waals surface area contributed by atoms with E-state index in [9.17, 15) is 19.2 Å². The summed E-state index contributed by atoms with van der Waals surface area (Å²) >= 11 is 0. The van der Waals surface area contributed by atoms with E-state index in [1.807, 2.05) is 13.8 Å². The van der Waals surface area contributed by atoms with Crippen LogP contribution in [0.2, 0.25) is 0 Å². The van der Waals surface area contributed by atoms with Gasteiger partial charge in [-0.1, -0.05) is 13.8 Å². The van der Waals surface area contributed by atoms with Gasteiger partial charge < -0.3 is 19.4 Å². The molecule has 1 N–H and O–H groups in total. The summed E-state index contributed by atoms with van der Waals surface area (Å²) in [7, 11) is 3.05. The highest BCUT2D eigenvalue weighted by Crippen LogP contribution is 2.11. The van der Waals surface area contributed by atoms with Crippen LogP contribution in [-0.2, 0) is 14.1 Å². The average molecular weight is 386 g/mol. The number of carbonyl (C=O) groups is 2. The molecule has 2 rings (SSSR count). The van der Waals surface area contributed by atoms with Crippen LogP contribution in [0.5, 0.6) is 0 Å². The van der Waals surface area contributed by atoms with Gasteiger partial charge in [0.1, 0.15) is 11.3 Å². The highest BCUT2D eigenvalue weighted by Gasteiger charge is 2.19. The maximum atomic E-state index is 12.8. The number of nitrogens with zero attached hydrogens (tertiary/aromatic N) is 3. The zero-order valence-electron chi connectivity index (χ0n) is 16.7. The van der Waals surface area contributed by atoms with Crippen molar-refractivity contribution in [3.8, 4) is 0 Å². The van der Waals surface area contributed by atoms with Crippen molar-refractivity contribution in [3.05, 3.63) is 62.4 Å². The number of pyridine rings is 2. The number of hydrogen-bond acceptors (Lipinski definition) is 4. The number of anilines is 1. The molecule has 0 aromatic carbocycles. The Hall–Kier alpha value is -3.16. The van der Waals surface area contributed by atoms with E-state index in [0.717, 1.165) is 12.8 Å². The monoisotopic (exact) mass is 386 g/mol. The minimum atomic E-state index is -0.693. The third-order valence-electron chi connectivity index (χ3n) is 4.32. The normalized spacial score (nSPS) is 10.6. The molecule has 0 aliphatic carbocycles. The first-order valence-electron chi connectivity index (χ1n) is 9.27. The van der Waals surface area contributed by atoms with E-state index in [1.54, 1.807) is 11.0 Å². The molecule has 0 aliphatic heterocycles. The standard InChI is InChI=1S/C20H26N4O4/c1-5-9-24(10-6-2)18(26)14-12-16(20(28)23(4)13-14)21-17(25)15-8-7-11-22(3)19(15)27/h7-8,11-13H,5-6,9-10H2,1-4H3,(H,21,25). The third kappa shape index (κ3) is 4.57. The molecule has 28 heavy (non-hydrogen) atoms. The lowest BCUT2D eigenvalue weighted by Gasteiger charge is -2.22. The topological polar surface area (TPSA) is 93.4 Å². The average Bonchev–Trinajstić information content (AvgIpc) is 2.66. The van der Waals surface area contributed by atoms with E-state index in [1.165, 1.54) is 47.8 Å². The molecule has 0 radical (unpaired) electrons. The molecule has 0 aliphatic rings. The Bertz CT molecular complexity index is 984. The summed E-state index contributed by atoms with van der Waals surface area (Å²) in [5.74, 6) is -0.896. The lowest BCUT2D eigenvalue weighted by atomic mass is 10.2. The predicted molar refractivity (Wildman–Crippen MR) is 108 cm³/mol. The van der Waals surface area contributed by atoms with E-state index in [-0.39, 0.29) is 17.2 Å². The summed E-state index contributed by atoms with van der Waals surface area (Å²) in [4.78, 5) is 51.6. The smallest absolute Gasteiger partial charge is 0.274 e. The van der Waals surface area contributed by atoms with Crippen LogP contribution in [0.25, 0.3) is 0 Å². The molecule has 0 unspecified atom stereocenters. The van der Waals surface area contributed by atoms with Gasteiger partial charge in [0.15, 0.2) is 0 Å². The largest absolute Gasteiger partial charge is 0.339 e. The van der Waals surface area contributed by atoms with E-state index < -0.39 is 17.0 Å². The lowest BCUT2D eigenvalue weighted by Crippen LogP contribution is -2.34. The van der Waals surface area contributed by atoms with Gasteiger partial charge in [0, 0.05) is 39.6 Å². The zero-order valence-corrected chi connectivity index (χ0v) is 16.7. The summed E-state index contributed by atoms with van der Waals surface area (Å²) in [6, 6.07) is 4.33. The summed E-state index contributed by atoms with van der Waals surface area (Å²) in [6.45, 7) is 5.19. The minimum Gasteiger partial charge on any atom is -0.339 e. The summed E-state index contributed by atoms with van der Waals surface area (Å²) in [6.07, 6.45) is 4.63. The van der Waals surface area contributed by atoms with Crippen LogP contribution in [0, 0.1) is 0 Å². The second kappa shape index (κ2) is 9.16. The summed E-state index contributed by atoms with van der Waals surface area (Å²) in [5, 5.41) is 2.48. The highest BCUT2D eigenvalue weighted by molar-refractivity contribution is 6.04. The molecule has 2 aromatic rings. The van der Waals surface area contributed by atoms with Crippen molar-refractivity contribution < 1.29 is 9.59 Å². The molecule has 0 spiro atoms. The van der Waals surface area contributed by atoms with Gasteiger partial charge in [0.2, 0.25) is 0 Å². The fourth-order valence-electron chi connectivity index (χ4n) is 2.92. The Balaban J connectivity index is 2.39. The van der Waals surface area contributed by atoms with Gasteiger partial charge in [-0.15, -0.1) is 0 Å². The third-order valence-corrected chi connectivity index (χ3v) is 4.32. The number of aryl methyl sites for hydroxylation is 2. The Labute approximate surface area is 163 Å². The van der Waals surface area contributed by atoms with Crippen LogP contribution in [-0.4, -0.2) is 38.9 Å². The van der Waals surface area contributed by atoms with Crippen molar-refractivity contribution in [1.82, 2.24) is 14.0 Å². The van der Waals surface area contributed by atoms with Crippen LogP contribution >= 0.6 is 0 Å². The molecule has 8 heteroatoms. The van der Waals surface area contributed by atoms with Gasteiger partial charge in [0.05, 0.1) is 5.56 Å². The Morgan fingerprint density at radius 1 is 1.04 bits per heavy atom. The minimum absolute atomic E-state index is 0.0443. The second-order valence-corrected chi connectivity index (χ2v) is 6.64. The molecule has 0 fully saturated rings. The number of nitrogens with one attached hydrogen (secondary N) is 1. The molecule has 0 atom stereocenters. The summed E-state index contributed by atoms with van der Waals surface area (Å²) < 4.78 is 2.53. The second-order valence-electron chi connectivity index (χ2n) is 6.64. The first-order chi connectivity index (χ1) is 13.3. The number of aromatic nitrogens is 2. The first-order valence-corrected chi connectivity index (χ1v) is 9.27. The van der Waals surface area contributed by atoms with E-state index in [2.05, 4.69) is 5.32 Å². The number of carbonyl (C=O) groups excluding carboxylic acids is 2. The van der Waals surface area contributed by atoms with Gasteiger partial charge in [-0.25, -0.2) is 0 Å². The van der Waals surface area contributed by atoms with Crippen molar-refractivity contribution >= 4 is 17.5 Å². The van der Waals surface area contributed by atoms with Gasteiger partial charge in [-0.05, 0) is 31.0 Å². The fraction of sp³-hybridized carbons (Fsp3) is 0.400. The molecule has 2 aromatic heterocycles. The molecular formula is C20H26N4O4. The van der Waals surface area contributed by atoms with Crippen molar-refractivity contribution in [2.24, 2.45) is 14.1 Å². The van der Waals surface area contributed by atoms with Crippen molar-refractivity contribution in [2.45, 2.75) is 26.7 Å². The zero-order chi connectivity index (χ0) is 20.8. The number of amides is 2. The quantitative estimate of drug-likeness (QED) is 0.782. The lowest BCUT2D eigenvalue weighted by molar-refractivity contribution is 0.0754. The van der Waals surface area contributed by atoms with E-state index in [4.69, 9.17) is 0 Å². The molecule has 0 saturated heterocycles. The molecule has 2 heterocycles. The van der Waals surface area contributed by atoms with Gasteiger partial charge in [0.25, 0.3) is 22.9 Å². The maximum absolute atomic E-state index is 12.8. The van der Waals surface area contributed by atoms with E-state index >= 15 is 0 Å². The van der Waals surface area contributed by atoms with Crippen molar-refractivity contribution in [2.75, 3.05) is 18.4 Å². The first kappa shape index (κ1) is 21.1. The molecular weight excluding hydrogens is 360 g/mol. The van der Waals surface area contributed by atoms with Crippen LogP contribution in [0.1, 0.15) is 47.4 Å². The van der Waals surface area contributed by atoms with Gasteiger partial charge in [-0.2, -0.15) is 0 Å².